The molecule has 1 fully saturated rings. The number of halogens is 1. The van der Waals surface area contributed by atoms with E-state index in [1.807, 2.05) is 6.07 Å². The van der Waals surface area contributed by atoms with Crippen molar-refractivity contribution in [3.63, 3.8) is 0 Å². The van der Waals surface area contributed by atoms with Gasteiger partial charge in [0.05, 0.1) is 0 Å². The van der Waals surface area contributed by atoms with E-state index in [9.17, 15) is 4.79 Å². The predicted molar refractivity (Wildman–Crippen MR) is 104 cm³/mol. The normalized spacial score (nSPS) is 15.6. The van der Waals surface area contributed by atoms with Crippen LogP contribution in [0.5, 0.6) is 5.75 Å². The fraction of sp³-hybridized carbons (Fsp3) is 0.381. The maximum Gasteiger partial charge on any atom is 0.261 e. The lowest BCUT2D eigenvalue weighted by Crippen LogP contribution is -2.35. The maximum atomic E-state index is 12.3. The summed E-state index contributed by atoms with van der Waals surface area (Å²) in [5.41, 5.74) is 2.40. The molecule has 0 aromatic heterocycles. The summed E-state index contributed by atoms with van der Waals surface area (Å²) in [4.78, 5) is 14.8. The molecule has 5 heteroatoms. The third-order valence-corrected chi connectivity index (χ3v) is 4.78. The van der Waals surface area contributed by atoms with Gasteiger partial charge in [0.15, 0.2) is 6.10 Å². The zero-order valence-corrected chi connectivity index (χ0v) is 15.8. The second-order valence-electron chi connectivity index (χ2n) is 6.74. The molecule has 0 spiro atoms. The Hall–Kier alpha value is -2.04. The van der Waals surface area contributed by atoms with Crippen LogP contribution in [0.3, 0.4) is 0 Å². The first-order chi connectivity index (χ1) is 12.6. The quantitative estimate of drug-likeness (QED) is 0.798. The Morgan fingerprint density at radius 2 is 1.88 bits per heavy atom. The van der Waals surface area contributed by atoms with Crippen LogP contribution < -0.4 is 10.1 Å². The van der Waals surface area contributed by atoms with Crippen molar-refractivity contribution in [2.24, 2.45) is 0 Å². The summed E-state index contributed by atoms with van der Waals surface area (Å²) < 4.78 is 5.65. The van der Waals surface area contributed by atoms with E-state index < -0.39 is 6.10 Å². The second-order valence-corrected chi connectivity index (χ2v) is 7.17. The van der Waals surface area contributed by atoms with Crippen LogP contribution in [0.15, 0.2) is 48.5 Å². The van der Waals surface area contributed by atoms with Gasteiger partial charge >= 0.3 is 0 Å². The van der Waals surface area contributed by atoms with Gasteiger partial charge in [0.1, 0.15) is 5.75 Å². The summed E-state index contributed by atoms with van der Waals surface area (Å²) in [6.45, 7) is 5.57. The minimum Gasteiger partial charge on any atom is -0.481 e. The Kier molecular flexibility index (Phi) is 6.53. The summed E-state index contributed by atoms with van der Waals surface area (Å²) in [7, 11) is 0. The first-order valence-electron chi connectivity index (χ1n) is 9.10. The van der Waals surface area contributed by atoms with Gasteiger partial charge in [-0.05, 0) is 62.2 Å². The van der Waals surface area contributed by atoms with E-state index in [4.69, 9.17) is 16.3 Å². The van der Waals surface area contributed by atoms with Crippen LogP contribution in [0.1, 0.15) is 30.9 Å². The topological polar surface area (TPSA) is 41.6 Å². The molecule has 1 amide bonds. The van der Waals surface area contributed by atoms with Crippen LogP contribution in [0.4, 0.5) is 0 Å². The van der Waals surface area contributed by atoms with E-state index in [1.54, 1.807) is 31.2 Å². The number of hydrogen-bond donors (Lipinski definition) is 1. The first-order valence-corrected chi connectivity index (χ1v) is 9.48. The summed E-state index contributed by atoms with van der Waals surface area (Å²) >= 11 is 5.94. The molecule has 2 aromatic carbocycles. The SMILES string of the molecule is CC(Oc1cccc(Cl)c1)C(=O)NCc1cccc(CN2CCCC2)c1. The molecule has 1 atom stereocenters. The molecule has 1 aliphatic rings. The highest BCUT2D eigenvalue weighted by Gasteiger charge is 2.15. The number of hydrogen-bond acceptors (Lipinski definition) is 3. The number of ether oxygens (including phenoxy) is 1. The molecule has 0 saturated carbocycles. The largest absolute Gasteiger partial charge is 0.481 e. The Balaban J connectivity index is 1.50. The van der Waals surface area contributed by atoms with E-state index in [1.165, 1.54) is 31.5 Å². The number of rotatable bonds is 7. The molecule has 0 bridgehead atoms. The molecule has 0 aliphatic carbocycles. The number of benzene rings is 2. The fourth-order valence-corrected chi connectivity index (χ4v) is 3.35. The highest BCUT2D eigenvalue weighted by molar-refractivity contribution is 6.30. The summed E-state index contributed by atoms with van der Waals surface area (Å²) in [5, 5.41) is 3.53. The van der Waals surface area contributed by atoms with E-state index >= 15 is 0 Å². The molecule has 1 aliphatic heterocycles. The Morgan fingerprint density at radius 3 is 2.65 bits per heavy atom. The van der Waals surface area contributed by atoms with Gasteiger partial charge in [-0.2, -0.15) is 0 Å². The minimum atomic E-state index is -0.582. The van der Waals surface area contributed by atoms with Crippen molar-refractivity contribution in [1.82, 2.24) is 10.2 Å². The maximum absolute atomic E-state index is 12.3. The monoisotopic (exact) mass is 372 g/mol. The van der Waals surface area contributed by atoms with Gasteiger partial charge in [0, 0.05) is 18.1 Å². The highest BCUT2D eigenvalue weighted by Crippen LogP contribution is 2.18. The van der Waals surface area contributed by atoms with Crippen LogP contribution in [-0.2, 0) is 17.9 Å². The van der Waals surface area contributed by atoms with Crippen LogP contribution in [0, 0.1) is 0 Å². The lowest BCUT2D eigenvalue weighted by atomic mass is 10.1. The second kappa shape index (κ2) is 9.06. The van der Waals surface area contributed by atoms with Crippen molar-refractivity contribution in [3.05, 3.63) is 64.7 Å². The number of amides is 1. The van der Waals surface area contributed by atoms with Gasteiger partial charge in [-0.1, -0.05) is 41.9 Å². The van der Waals surface area contributed by atoms with E-state index in [2.05, 4.69) is 28.4 Å². The summed E-state index contributed by atoms with van der Waals surface area (Å²) in [6, 6.07) is 15.5. The zero-order chi connectivity index (χ0) is 18.4. The van der Waals surface area contributed by atoms with Crippen molar-refractivity contribution < 1.29 is 9.53 Å². The van der Waals surface area contributed by atoms with Crippen LogP contribution in [0.25, 0.3) is 0 Å². The Morgan fingerprint density at radius 1 is 1.15 bits per heavy atom. The third-order valence-electron chi connectivity index (χ3n) is 4.54. The average Bonchev–Trinajstić information content (AvgIpc) is 3.13. The third kappa shape index (κ3) is 5.48. The zero-order valence-electron chi connectivity index (χ0n) is 15.1. The molecule has 1 heterocycles. The number of nitrogens with one attached hydrogen (secondary N) is 1. The summed E-state index contributed by atoms with van der Waals surface area (Å²) in [6.07, 6.45) is 2.00. The molecular weight excluding hydrogens is 348 g/mol. The molecule has 1 unspecified atom stereocenters. The smallest absolute Gasteiger partial charge is 0.261 e. The molecule has 1 N–H and O–H groups in total. The van der Waals surface area contributed by atoms with Gasteiger partial charge in [0.25, 0.3) is 5.91 Å². The lowest BCUT2D eigenvalue weighted by Gasteiger charge is -2.16. The van der Waals surface area contributed by atoms with Crippen LogP contribution in [0.2, 0.25) is 5.02 Å². The van der Waals surface area contributed by atoms with Gasteiger partial charge in [-0.3, -0.25) is 9.69 Å². The molecule has 2 aromatic rings. The van der Waals surface area contributed by atoms with E-state index in [0.717, 1.165) is 12.1 Å². The van der Waals surface area contributed by atoms with Gasteiger partial charge in [0.2, 0.25) is 0 Å². The number of nitrogens with zero attached hydrogens (tertiary/aromatic N) is 1. The standard InChI is InChI=1S/C21H25ClN2O2/c1-16(26-20-9-5-8-19(22)13-20)21(25)23-14-17-6-4-7-18(12-17)15-24-10-2-3-11-24/h4-9,12-13,16H,2-3,10-11,14-15H2,1H3,(H,23,25). The van der Waals surface area contributed by atoms with Crippen molar-refractivity contribution in [3.8, 4) is 5.75 Å². The number of carbonyl (C=O) groups is 1. The molecule has 138 valence electrons. The fourth-order valence-electron chi connectivity index (χ4n) is 3.17. The Bertz CT molecular complexity index is 744. The molecule has 0 radical (unpaired) electrons. The van der Waals surface area contributed by atoms with Gasteiger partial charge in [-0.25, -0.2) is 0 Å². The van der Waals surface area contributed by atoms with E-state index in [-0.39, 0.29) is 5.91 Å². The van der Waals surface area contributed by atoms with Crippen molar-refractivity contribution in [2.45, 2.75) is 39.0 Å². The first kappa shape index (κ1) is 18.7. The average molecular weight is 373 g/mol. The highest BCUT2D eigenvalue weighted by atomic mass is 35.5. The number of carbonyl (C=O) groups excluding carboxylic acids is 1. The minimum absolute atomic E-state index is 0.144. The van der Waals surface area contributed by atoms with Crippen LogP contribution >= 0.6 is 11.6 Å². The Labute approximate surface area is 160 Å². The van der Waals surface area contributed by atoms with E-state index in [0.29, 0.717) is 17.3 Å². The van der Waals surface area contributed by atoms with Crippen molar-refractivity contribution >= 4 is 17.5 Å². The molecule has 3 rings (SSSR count). The predicted octanol–water partition coefficient (Wildman–Crippen LogP) is 4.02. The summed E-state index contributed by atoms with van der Waals surface area (Å²) in [5.74, 6) is 0.447. The van der Waals surface area contributed by atoms with Crippen LogP contribution in [-0.4, -0.2) is 30.0 Å². The lowest BCUT2D eigenvalue weighted by molar-refractivity contribution is -0.127. The van der Waals surface area contributed by atoms with Crippen molar-refractivity contribution in [1.29, 1.82) is 0 Å². The molecule has 26 heavy (non-hydrogen) atoms. The molecular formula is C21H25ClN2O2. The van der Waals surface area contributed by atoms with Crippen molar-refractivity contribution in [2.75, 3.05) is 13.1 Å². The molecule has 1 saturated heterocycles. The molecule has 4 nitrogen and oxygen atoms in total. The van der Waals surface area contributed by atoms with Gasteiger partial charge < -0.3 is 10.1 Å². The van der Waals surface area contributed by atoms with Gasteiger partial charge in [-0.15, -0.1) is 0 Å². The number of likely N-dealkylation sites (tertiary alicyclic amines) is 1.